The molecule has 9 heteroatoms. The zero-order chi connectivity index (χ0) is 22.9. The van der Waals surface area contributed by atoms with E-state index in [1.165, 1.54) is 24.4 Å². The van der Waals surface area contributed by atoms with E-state index < -0.39 is 11.8 Å². The Morgan fingerprint density at radius 2 is 1.78 bits per heavy atom. The van der Waals surface area contributed by atoms with Gasteiger partial charge in [0.25, 0.3) is 11.8 Å². The number of hydrazone groups is 1. The summed E-state index contributed by atoms with van der Waals surface area (Å²) in [4.78, 5) is 24.2. The molecular weight excluding hydrogens is 517 g/mol. The second kappa shape index (κ2) is 11.7. The predicted octanol–water partition coefficient (Wildman–Crippen LogP) is 5.22. The van der Waals surface area contributed by atoms with Gasteiger partial charge >= 0.3 is 0 Å². The number of carbonyl (C=O) groups excluding carboxylic acids is 2. The van der Waals surface area contributed by atoms with Gasteiger partial charge in [0.1, 0.15) is 12.4 Å². The van der Waals surface area contributed by atoms with Crippen LogP contribution in [0.2, 0.25) is 10.0 Å². The highest BCUT2D eigenvalue weighted by atomic mass is 79.9. The molecule has 0 fully saturated rings. The molecule has 2 amide bonds. The van der Waals surface area contributed by atoms with Crippen molar-refractivity contribution in [3.8, 4) is 5.75 Å². The standard InChI is InChI=1S/C23H18BrCl2N3O3/c24-18-7-9-21(32-14-15-4-2-1-3-5-15)17(10-18)12-28-29-22(30)13-27-23(31)16-6-8-19(25)20(26)11-16/h1-12H,13-14H2,(H,27,31)(H,29,30)/b28-12-. The SMILES string of the molecule is O=C(CNC(=O)c1ccc(Cl)c(Cl)c1)N/N=C\c1cc(Br)ccc1OCc1ccccc1. The summed E-state index contributed by atoms with van der Waals surface area (Å²) in [6.45, 7) is 0.142. The fourth-order valence-electron chi connectivity index (χ4n) is 2.60. The first kappa shape index (κ1) is 23.8. The molecule has 164 valence electrons. The number of benzene rings is 3. The molecule has 32 heavy (non-hydrogen) atoms. The van der Waals surface area contributed by atoms with E-state index in [0.29, 0.717) is 28.5 Å². The zero-order valence-corrected chi connectivity index (χ0v) is 19.7. The monoisotopic (exact) mass is 533 g/mol. The molecule has 0 saturated heterocycles. The van der Waals surface area contributed by atoms with E-state index in [1.807, 2.05) is 48.5 Å². The number of hydrogen-bond acceptors (Lipinski definition) is 4. The quantitative estimate of drug-likeness (QED) is 0.307. The molecule has 3 aromatic rings. The first-order valence-corrected chi connectivity index (χ1v) is 11.0. The van der Waals surface area contributed by atoms with Gasteiger partial charge in [-0.25, -0.2) is 5.43 Å². The molecule has 2 N–H and O–H groups in total. The van der Waals surface area contributed by atoms with Gasteiger partial charge in [0.2, 0.25) is 0 Å². The summed E-state index contributed by atoms with van der Waals surface area (Å²) in [5.41, 5.74) is 4.38. The lowest BCUT2D eigenvalue weighted by molar-refractivity contribution is -0.120. The molecule has 0 aliphatic heterocycles. The minimum absolute atomic E-state index is 0.257. The minimum Gasteiger partial charge on any atom is -0.488 e. The van der Waals surface area contributed by atoms with E-state index in [-0.39, 0.29) is 11.6 Å². The summed E-state index contributed by atoms with van der Waals surface area (Å²) >= 11 is 15.2. The van der Waals surface area contributed by atoms with Crippen LogP contribution in [0.1, 0.15) is 21.5 Å². The predicted molar refractivity (Wildman–Crippen MR) is 129 cm³/mol. The van der Waals surface area contributed by atoms with Gasteiger partial charge in [-0.2, -0.15) is 5.10 Å². The average molecular weight is 535 g/mol. The van der Waals surface area contributed by atoms with Crippen molar-refractivity contribution in [3.05, 3.63) is 97.9 Å². The van der Waals surface area contributed by atoms with Crippen molar-refractivity contribution in [1.82, 2.24) is 10.7 Å². The average Bonchev–Trinajstić information content (AvgIpc) is 2.79. The van der Waals surface area contributed by atoms with Crippen LogP contribution in [0.5, 0.6) is 5.75 Å². The van der Waals surface area contributed by atoms with Gasteiger partial charge < -0.3 is 10.1 Å². The fourth-order valence-corrected chi connectivity index (χ4v) is 3.28. The molecular formula is C23H18BrCl2N3O3. The van der Waals surface area contributed by atoms with Crippen molar-refractivity contribution in [3.63, 3.8) is 0 Å². The number of carbonyl (C=O) groups is 2. The molecule has 0 unspecified atom stereocenters. The van der Waals surface area contributed by atoms with Crippen LogP contribution in [-0.4, -0.2) is 24.6 Å². The number of nitrogens with one attached hydrogen (secondary N) is 2. The molecule has 0 saturated carbocycles. The van der Waals surface area contributed by atoms with Gasteiger partial charge in [0.05, 0.1) is 22.8 Å². The Balaban J connectivity index is 1.54. The second-order valence-electron chi connectivity index (χ2n) is 6.56. The van der Waals surface area contributed by atoms with Gasteiger partial charge in [0.15, 0.2) is 0 Å². The van der Waals surface area contributed by atoms with Crippen LogP contribution in [-0.2, 0) is 11.4 Å². The number of hydrogen-bond donors (Lipinski definition) is 2. The van der Waals surface area contributed by atoms with Gasteiger partial charge in [-0.15, -0.1) is 0 Å². The number of rotatable bonds is 8. The van der Waals surface area contributed by atoms with E-state index in [4.69, 9.17) is 27.9 Å². The Morgan fingerprint density at radius 1 is 1.00 bits per heavy atom. The lowest BCUT2D eigenvalue weighted by atomic mass is 10.2. The summed E-state index contributed by atoms with van der Waals surface area (Å²) in [6, 6.07) is 19.7. The third-order valence-corrected chi connectivity index (χ3v) is 5.43. The Kier molecular flexibility index (Phi) is 8.67. The first-order chi connectivity index (χ1) is 15.4. The molecule has 3 aromatic carbocycles. The van der Waals surface area contributed by atoms with Crippen LogP contribution < -0.4 is 15.5 Å². The number of ether oxygens (including phenoxy) is 1. The van der Waals surface area contributed by atoms with Crippen LogP contribution in [0.25, 0.3) is 0 Å². The van der Waals surface area contributed by atoms with E-state index in [9.17, 15) is 9.59 Å². The molecule has 0 aliphatic rings. The summed E-state index contributed by atoms with van der Waals surface area (Å²) in [5.74, 6) is -0.328. The van der Waals surface area contributed by atoms with Gasteiger partial charge in [-0.1, -0.05) is 69.5 Å². The largest absolute Gasteiger partial charge is 0.488 e. The highest BCUT2D eigenvalue weighted by molar-refractivity contribution is 9.10. The Labute approximate surface area is 203 Å². The molecule has 3 rings (SSSR count). The highest BCUT2D eigenvalue weighted by Gasteiger charge is 2.10. The summed E-state index contributed by atoms with van der Waals surface area (Å²) < 4.78 is 6.72. The van der Waals surface area contributed by atoms with Crippen molar-refractivity contribution in [2.75, 3.05) is 6.54 Å². The third kappa shape index (κ3) is 7.09. The van der Waals surface area contributed by atoms with E-state index >= 15 is 0 Å². The lowest BCUT2D eigenvalue weighted by Gasteiger charge is -2.10. The molecule has 0 heterocycles. The summed E-state index contributed by atoms with van der Waals surface area (Å²) in [6.07, 6.45) is 1.48. The van der Waals surface area contributed by atoms with Crippen molar-refractivity contribution in [1.29, 1.82) is 0 Å². The molecule has 0 atom stereocenters. The van der Waals surface area contributed by atoms with Gasteiger partial charge in [0, 0.05) is 15.6 Å². The third-order valence-electron chi connectivity index (χ3n) is 4.19. The van der Waals surface area contributed by atoms with Gasteiger partial charge in [-0.05, 0) is 42.0 Å². The zero-order valence-electron chi connectivity index (χ0n) is 16.6. The summed E-state index contributed by atoms with van der Waals surface area (Å²) in [5, 5.41) is 7.05. The van der Waals surface area contributed by atoms with Crippen LogP contribution in [0.3, 0.4) is 0 Å². The molecule has 0 bridgehead atoms. The molecule has 6 nitrogen and oxygen atoms in total. The molecule has 0 spiro atoms. The maximum absolute atomic E-state index is 12.1. The highest BCUT2D eigenvalue weighted by Crippen LogP contribution is 2.23. The van der Waals surface area contributed by atoms with Gasteiger partial charge in [-0.3, -0.25) is 9.59 Å². The molecule has 0 aliphatic carbocycles. The van der Waals surface area contributed by atoms with Crippen LogP contribution in [0, 0.1) is 0 Å². The second-order valence-corrected chi connectivity index (χ2v) is 8.29. The summed E-state index contributed by atoms with van der Waals surface area (Å²) in [7, 11) is 0. The van der Waals surface area contributed by atoms with E-state index in [2.05, 4.69) is 31.8 Å². The minimum atomic E-state index is -0.489. The molecule has 0 aromatic heterocycles. The fraction of sp³-hybridized carbons (Fsp3) is 0.0870. The first-order valence-electron chi connectivity index (χ1n) is 9.44. The Hall–Kier alpha value is -2.87. The maximum atomic E-state index is 12.1. The van der Waals surface area contributed by atoms with Crippen molar-refractivity contribution >= 4 is 57.2 Å². The number of amides is 2. The van der Waals surface area contributed by atoms with Crippen LogP contribution in [0.15, 0.2) is 76.3 Å². The van der Waals surface area contributed by atoms with Crippen molar-refractivity contribution < 1.29 is 14.3 Å². The normalized spacial score (nSPS) is 10.7. The number of halogens is 3. The number of nitrogens with zero attached hydrogens (tertiary/aromatic N) is 1. The van der Waals surface area contributed by atoms with Crippen LogP contribution >= 0.6 is 39.1 Å². The Morgan fingerprint density at radius 3 is 2.53 bits per heavy atom. The smallest absolute Gasteiger partial charge is 0.259 e. The Bertz CT molecular complexity index is 1140. The lowest BCUT2D eigenvalue weighted by Crippen LogP contribution is -2.34. The molecule has 0 radical (unpaired) electrons. The van der Waals surface area contributed by atoms with Crippen LogP contribution in [0.4, 0.5) is 0 Å². The van der Waals surface area contributed by atoms with Crippen molar-refractivity contribution in [2.45, 2.75) is 6.61 Å². The van der Waals surface area contributed by atoms with E-state index in [0.717, 1.165) is 10.0 Å². The van der Waals surface area contributed by atoms with Crippen molar-refractivity contribution in [2.24, 2.45) is 5.10 Å². The topological polar surface area (TPSA) is 79.8 Å². The maximum Gasteiger partial charge on any atom is 0.259 e. The van der Waals surface area contributed by atoms with E-state index in [1.54, 1.807) is 0 Å².